The standard InChI is InChI=1S/C17H23AsN4O3/c1-11(2)7-17(3,18)10-25-15-20-8-13(9-21-15)12-4-5-19-14(6-12)22-16(23)24/h4-6,8-9,11H,7,10,18H2,1-3H3,(H,19,22)(H,23,24). The summed E-state index contributed by atoms with van der Waals surface area (Å²) in [5.41, 5.74) is 1.53. The van der Waals surface area contributed by atoms with Crippen molar-refractivity contribution in [2.24, 2.45) is 5.92 Å². The first-order valence-corrected chi connectivity index (χ1v) is 9.16. The summed E-state index contributed by atoms with van der Waals surface area (Å²) in [7, 11) is 0. The molecule has 2 N–H and O–H groups in total. The van der Waals surface area contributed by atoms with Gasteiger partial charge in [0.25, 0.3) is 0 Å². The predicted molar refractivity (Wildman–Crippen MR) is 98.8 cm³/mol. The zero-order valence-electron chi connectivity index (χ0n) is 14.6. The van der Waals surface area contributed by atoms with Gasteiger partial charge in [0.15, 0.2) is 0 Å². The molecule has 0 saturated carbocycles. The van der Waals surface area contributed by atoms with Crippen LogP contribution in [-0.4, -0.2) is 49.6 Å². The Hall–Kier alpha value is -2.14. The van der Waals surface area contributed by atoms with Crippen LogP contribution in [0.4, 0.5) is 10.6 Å². The molecule has 7 nitrogen and oxygen atoms in total. The van der Waals surface area contributed by atoms with Crippen LogP contribution in [-0.2, 0) is 0 Å². The molecular weight excluding hydrogens is 383 g/mol. The number of carbonyl (C=O) groups is 1. The van der Waals surface area contributed by atoms with Gasteiger partial charge in [0.1, 0.15) is 0 Å². The maximum absolute atomic E-state index is 10.7. The Morgan fingerprint density at radius 3 is 2.60 bits per heavy atom. The molecule has 8 heteroatoms. The second-order valence-corrected chi connectivity index (χ2v) is 9.58. The van der Waals surface area contributed by atoms with E-state index in [1.165, 1.54) is 6.20 Å². The van der Waals surface area contributed by atoms with E-state index in [2.05, 4.69) is 41.0 Å². The second kappa shape index (κ2) is 8.30. The van der Waals surface area contributed by atoms with Gasteiger partial charge in [-0.25, -0.2) is 4.79 Å². The van der Waals surface area contributed by atoms with Crippen LogP contribution >= 0.6 is 0 Å². The van der Waals surface area contributed by atoms with Crippen molar-refractivity contribution in [2.75, 3.05) is 11.9 Å². The fraction of sp³-hybridized carbons (Fsp3) is 0.412. The minimum absolute atomic E-state index is 0.117. The molecule has 0 aliphatic rings. The minimum atomic E-state index is -1.16. The molecule has 2 atom stereocenters. The molecule has 0 spiro atoms. The summed E-state index contributed by atoms with van der Waals surface area (Å²) < 4.78 is 5.85. The molecule has 0 saturated heterocycles. The number of pyridine rings is 1. The molecule has 0 fully saturated rings. The number of anilines is 1. The van der Waals surface area contributed by atoms with Crippen LogP contribution in [0.3, 0.4) is 0 Å². The fourth-order valence-corrected chi connectivity index (χ4v) is 3.71. The number of hydrogen-bond acceptors (Lipinski definition) is 5. The third-order valence-corrected chi connectivity index (χ3v) is 4.21. The van der Waals surface area contributed by atoms with Gasteiger partial charge < -0.3 is 5.11 Å². The van der Waals surface area contributed by atoms with Crippen LogP contribution < -0.4 is 10.1 Å². The van der Waals surface area contributed by atoms with Crippen molar-refractivity contribution in [2.45, 2.75) is 31.4 Å². The molecule has 0 aromatic carbocycles. The van der Waals surface area contributed by atoms with E-state index in [-0.39, 0.29) is 10.0 Å². The number of nitrogens with one attached hydrogen (secondary N) is 1. The van der Waals surface area contributed by atoms with Crippen LogP contribution in [0.2, 0.25) is 4.20 Å². The third-order valence-electron chi connectivity index (χ3n) is 3.36. The van der Waals surface area contributed by atoms with E-state index in [4.69, 9.17) is 9.84 Å². The topological polar surface area (TPSA) is 97.2 Å². The number of ether oxygens (including phenoxy) is 1. The monoisotopic (exact) mass is 406 g/mol. The molecule has 0 radical (unpaired) electrons. The molecule has 0 aliphatic heterocycles. The molecule has 134 valence electrons. The number of hydrogen-bond donors (Lipinski definition) is 2. The molecule has 2 aromatic heterocycles. The SMILES string of the molecule is CC(C)CC(C)([AsH2])COc1ncc(-c2ccnc(NC(=O)O)c2)cn1. The predicted octanol–water partition coefficient (Wildman–Crippen LogP) is 2.87. The summed E-state index contributed by atoms with van der Waals surface area (Å²) in [5.74, 6) is 0.868. The zero-order valence-corrected chi connectivity index (χ0v) is 17.0. The van der Waals surface area contributed by atoms with E-state index < -0.39 is 6.09 Å². The molecular formula is C17H23AsN4O3. The summed E-state index contributed by atoms with van der Waals surface area (Å²) in [5, 5.41) is 11.0. The van der Waals surface area contributed by atoms with Gasteiger partial charge >= 0.3 is 146 Å². The van der Waals surface area contributed by atoms with Gasteiger partial charge in [0.2, 0.25) is 0 Å². The Balaban J connectivity index is 2.03. The van der Waals surface area contributed by atoms with E-state index in [0.29, 0.717) is 18.5 Å². The van der Waals surface area contributed by atoms with Gasteiger partial charge in [-0.2, -0.15) is 0 Å². The number of rotatable bonds is 7. The Kier molecular flexibility index (Phi) is 6.37. The van der Waals surface area contributed by atoms with E-state index in [0.717, 1.165) is 17.5 Å². The second-order valence-electron chi connectivity index (χ2n) is 6.65. The average Bonchev–Trinajstić information content (AvgIpc) is 2.52. The Labute approximate surface area is 155 Å². The van der Waals surface area contributed by atoms with Gasteiger partial charge in [0, 0.05) is 0 Å². The fourth-order valence-electron chi connectivity index (χ4n) is 2.55. The zero-order chi connectivity index (χ0) is 18.4. The van der Waals surface area contributed by atoms with Crippen LogP contribution in [0.25, 0.3) is 11.1 Å². The number of aromatic nitrogens is 3. The summed E-state index contributed by atoms with van der Waals surface area (Å²) in [6.45, 7) is 7.17. The van der Waals surface area contributed by atoms with Crippen LogP contribution in [0, 0.1) is 5.92 Å². The summed E-state index contributed by atoms with van der Waals surface area (Å²) >= 11 is 1.66. The third kappa shape index (κ3) is 6.35. The normalized spacial score (nSPS) is 13.3. The first-order valence-electron chi connectivity index (χ1n) is 7.95. The van der Waals surface area contributed by atoms with E-state index >= 15 is 0 Å². The van der Waals surface area contributed by atoms with Gasteiger partial charge in [-0.15, -0.1) is 0 Å². The number of amides is 1. The van der Waals surface area contributed by atoms with E-state index in [9.17, 15) is 4.79 Å². The van der Waals surface area contributed by atoms with Crippen molar-refractivity contribution in [3.63, 3.8) is 0 Å². The van der Waals surface area contributed by atoms with Gasteiger partial charge in [-0.3, -0.25) is 0 Å². The van der Waals surface area contributed by atoms with Crippen LogP contribution in [0.1, 0.15) is 27.2 Å². The molecule has 2 heterocycles. The number of nitrogens with zero attached hydrogens (tertiary/aromatic N) is 3. The first kappa shape index (κ1) is 19.2. The van der Waals surface area contributed by atoms with Crippen molar-refractivity contribution < 1.29 is 14.6 Å². The van der Waals surface area contributed by atoms with Crippen molar-refractivity contribution in [1.29, 1.82) is 0 Å². The van der Waals surface area contributed by atoms with Crippen molar-refractivity contribution >= 4 is 28.8 Å². The molecule has 25 heavy (non-hydrogen) atoms. The quantitative estimate of drug-likeness (QED) is 0.687. The average molecular weight is 406 g/mol. The number of carboxylic acid groups (broad SMARTS) is 1. The Morgan fingerprint density at radius 1 is 1.32 bits per heavy atom. The molecule has 0 aliphatic carbocycles. The molecule has 0 bridgehead atoms. The maximum atomic E-state index is 10.7. The van der Waals surface area contributed by atoms with Crippen LogP contribution in [0.5, 0.6) is 6.01 Å². The Bertz CT molecular complexity index is 720. The Morgan fingerprint density at radius 2 is 2.00 bits per heavy atom. The van der Waals surface area contributed by atoms with Gasteiger partial charge in [-0.1, -0.05) is 0 Å². The summed E-state index contributed by atoms with van der Waals surface area (Å²) in [4.78, 5) is 23.1. The molecule has 2 unspecified atom stereocenters. The molecule has 1 amide bonds. The van der Waals surface area contributed by atoms with E-state index in [1.807, 2.05) is 0 Å². The molecule has 2 rings (SSSR count). The van der Waals surface area contributed by atoms with E-state index in [1.54, 1.807) is 41.4 Å². The van der Waals surface area contributed by atoms with Crippen molar-refractivity contribution in [3.05, 3.63) is 30.7 Å². The van der Waals surface area contributed by atoms with Crippen LogP contribution in [0.15, 0.2) is 30.7 Å². The summed E-state index contributed by atoms with van der Waals surface area (Å²) in [6, 6.07) is 3.73. The van der Waals surface area contributed by atoms with Gasteiger partial charge in [-0.05, 0) is 0 Å². The molecule has 2 aromatic rings. The first-order chi connectivity index (χ1) is 11.7. The summed E-state index contributed by atoms with van der Waals surface area (Å²) in [6.07, 6.45) is 4.77. The van der Waals surface area contributed by atoms with Gasteiger partial charge in [0.05, 0.1) is 0 Å². The van der Waals surface area contributed by atoms with Crippen molar-refractivity contribution in [1.82, 2.24) is 15.0 Å². The van der Waals surface area contributed by atoms with Crippen molar-refractivity contribution in [3.8, 4) is 17.1 Å².